The van der Waals surface area contributed by atoms with Gasteiger partial charge < -0.3 is 19.9 Å². The summed E-state index contributed by atoms with van der Waals surface area (Å²) in [5.74, 6) is 0. The number of nitrogens with one attached hydrogen (secondary N) is 2. The predicted octanol–water partition coefficient (Wildman–Crippen LogP) is 4.89. The molecule has 0 aliphatic carbocycles. The summed E-state index contributed by atoms with van der Waals surface area (Å²) in [7, 11) is 1.67. The standard InChI is InChI=1S/C19H20ClN3O2/c1-13-15(20)7-5-8-16(13)21-19(24)22-17-12-23(10-11-25-2)18-9-4-3-6-14(17)18/h3-9,12H,10-11H2,1-2H3,(H2,21,22,24). The number of fused-ring (bicyclic) bond motifs is 1. The van der Waals surface area contributed by atoms with Crippen LogP contribution in [0.3, 0.4) is 0 Å². The van der Waals surface area contributed by atoms with E-state index in [0.717, 1.165) is 22.2 Å². The molecule has 0 bridgehead atoms. The number of amides is 2. The summed E-state index contributed by atoms with van der Waals surface area (Å²) in [5, 5.41) is 7.37. The first-order valence-electron chi connectivity index (χ1n) is 8.00. The van der Waals surface area contributed by atoms with Crippen LogP contribution in [-0.4, -0.2) is 24.3 Å². The first kappa shape index (κ1) is 17.3. The van der Waals surface area contributed by atoms with Crippen molar-refractivity contribution >= 4 is 39.9 Å². The average molecular weight is 358 g/mol. The highest BCUT2D eigenvalue weighted by Crippen LogP contribution is 2.27. The van der Waals surface area contributed by atoms with Crippen LogP contribution in [-0.2, 0) is 11.3 Å². The highest BCUT2D eigenvalue weighted by atomic mass is 35.5. The molecule has 3 aromatic rings. The van der Waals surface area contributed by atoms with Crippen LogP contribution in [0.1, 0.15) is 5.56 Å². The van der Waals surface area contributed by atoms with E-state index in [2.05, 4.69) is 15.2 Å². The topological polar surface area (TPSA) is 55.3 Å². The van der Waals surface area contributed by atoms with Gasteiger partial charge in [0.2, 0.25) is 0 Å². The third-order valence-electron chi connectivity index (χ3n) is 4.09. The van der Waals surface area contributed by atoms with Gasteiger partial charge >= 0.3 is 6.03 Å². The van der Waals surface area contributed by atoms with Gasteiger partial charge in [-0.15, -0.1) is 0 Å². The number of aromatic nitrogens is 1. The maximum absolute atomic E-state index is 12.4. The van der Waals surface area contributed by atoms with E-state index in [9.17, 15) is 4.79 Å². The maximum Gasteiger partial charge on any atom is 0.323 e. The lowest BCUT2D eigenvalue weighted by Crippen LogP contribution is -2.19. The Morgan fingerprint density at radius 1 is 1.12 bits per heavy atom. The van der Waals surface area contributed by atoms with E-state index < -0.39 is 0 Å². The zero-order valence-electron chi connectivity index (χ0n) is 14.2. The molecule has 25 heavy (non-hydrogen) atoms. The van der Waals surface area contributed by atoms with E-state index in [0.29, 0.717) is 23.9 Å². The monoisotopic (exact) mass is 357 g/mol. The van der Waals surface area contributed by atoms with E-state index in [1.807, 2.05) is 49.5 Å². The van der Waals surface area contributed by atoms with Crippen molar-refractivity contribution < 1.29 is 9.53 Å². The number of carbonyl (C=O) groups is 1. The van der Waals surface area contributed by atoms with Gasteiger partial charge in [0.1, 0.15) is 0 Å². The van der Waals surface area contributed by atoms with Crippen LogP contribution in [0.2, 0.25) is 5.02 Å². The molecule has 5 nitrogen and oxygen atoms in total. The Morgan fingerprint density at radius 2 is 1.88 bits per heavy atom. The van der Waals surface area contributed by atoms with Gasteiger partial charge in [0.05, 0.1) is 17.8 Å². The highest BCUT2D eigenvalue weighted by Gasteiger charge is 2.12. The molecule has 0 radical (unpaired) electrons. The van der Waals surface area contributed by atoms with E-state index in [4.69, 9.17) is 16.3 Å². The van der Waals surface area contributed by atoms with E-state index >= 15 is 0 Å². The van der Waals surface area contributed by atoms with Gasteiger partial charge in [0, 0.05) is 35.9 Å². The van der Waals surface area contributed by atoms with Crippen molar-refractivity contribution in [2.45, 2.75) is 13.5 Å². The number of benzene rings is 2. The average Bonchev–Trinajstić information content (AvgIpc) is 2.95. The Balaban J connectivity index is 1.82. The van der Waals surface area contributed by atoms with Gasteiger partial charge in [-0.2, -0.15) is 0 Å². The number of anilines is 2. The van der Waals surface area contributed by atoms with Crippen molar-refractivity contribution in [3.05, 3.63) is 59.2 Å². The van der Waals surface area contributed by atoms with Crippen molar-refractivity contribution in [1.29, 1.82) is 0 Å². The van der Waals surface area contributed by atoms with Crippen LogP contribution >= 0.6 is 11.6 Å². The molecule has 3 rings (SSSR count). The minimum Gasteiger partial charge on any atom is -0.383 e. The predicted molar refractivity (Wildman–Crippen MR) is 103 cm³/mol. The number of rotatable bonds is 5. The molecule has 6 heteroatoms. The van der Waals surface area contributed by atoms with Crippen LogP contribution in [0.25, 0.3) is 10.9 Å². The minimum absolute atomic E-state index is 0.306. The Labute approximate surface area is 151 Å². The highest BCUT2D eigenvalue weighted by molar-refractivity contribution is 6.31. The lowest BCUT2D eigenvalue weighted by Gasteiger charge is -2.10. The molecular formula is C19H20ClN3O2. The molecule has 1 heterocycles. The number of methoxy groups -OCH3 is 1. The molecule has 0 saturated heterocycles. The van der Waals surface area contributed by atoms with Gasteiger partial charge in [-0.25, -0.2) is 4.79 Å². The summed E-state index contributed by atoms with van der Waals surface area (Å²) in [5.41, 5.74) is 3.33. The van der Waals surface area contributed by atoms with E-state index in [1.54, 1.807) is 13.2 Å². The maximum atomic E-state index is 12.4. The van der Waals surface area contributed by atoms with Crippen LogP contribution < -0.4 is 10.6 Å². The molecule has 2 amide bonds. The van der Waals surface area contributed by atoms with Crippen molar-refractivity contribution in [3.63, 3.8) is 0 Å². The second kappa shape index (κ2) is 7.59. The molecule has 1 aromatic heterocycles. The number of nitrogens with zero attached hydrogens (tertiary/aromatic N) is 1. The Morgan fingerprint density at radius 3 is 2.68 bits per heavy atom. The molecule has 0 saturated carbocycles. The molecule has 2 N–H and O–H groups in total. The van der Waals surface area contributed by atoms with Crippen LogP contribution in [0.5, 0.6) is 0 Å². The fraction of sp³-hybridized carbons (Fsp3) is 0.211. The van der Waals surface area contributed by atoms with Crippen LogP contribution in [0, 0.1) is 6.92 Å². The molecule has 0 aliphatic heterocycles. The lowest BCUT2D eigenvalue weighted by molar-refractivity contribution is 0.188. The number of urea groups is 1. The molecule has 0 aliphatic rings. The summed E-state index contributed by atoms with van der Waals surface area (Å²) >= 11 is 6.10. The molecule has 0 spiro atoms. The van der Waals surface area contributed by atoms with E-state index in [1.165, 1.54) is 0 Å². The Hall–Kier alpha value is -2.50. The molecule has 0 unspecified atom stereocenters. The second-order valence-electron chi connectivity index (χ2n) is 5.74. The molecule has 130 valence electrons. The normalized spacial score (nSPS) is 10.8. The van der Waals surface area contributed by atoms with Crippen molar-refractivity contribution in [2.75, 3.05) is 24.4 Å². The van der Waals surface area contributed by atoms with Gasteiger partial charge in [0.25, 0.3) is 0 Å². The zero-order valence-corrected chi connectivity index (χ0v) is 14.9. The van der Waals surface area contributed by atoms with Crippen molar-refractivity contribution in [2.24, 2.45) is 0 Å². The number of halogens is 1. The first-order valence-corrected chi connectivity index (χ1v) is 8.38. The fourth-order valence-corrected chi connectivity index (χ4v) is 2.91. The number of hydrogen-bond acceptors (Lipinski definition) is 2. The van der Waals surface area contributed by atoms with Gasteiger partial charge in [0.15, 0.2) is 0 Å². The number of ether oxygens (including phenoxy) is 1. The number of para-hydroxylation sites is 1. The molecular weight excluding hydrogens is 338 g/mol. The Bertz CT molecular complexity index is 905. The quantitative estimate of drug-likeness (QED) is 0.682. The van der Waals surface area contributed by atoms with Gasteiger partial charge in [-0.3, -0.25) is 0 Å². The van der Waals surface area contributed by atoms with Gasteiger partial charge in [-0.05, 0) is 30.7 Å². The summed E-state index contributed by atoms with van der Waals surface area (Å²) in [6.07, 6.45) is 1.92. The minimum atomic E-state index is -0.306. The Kier molecular flexibility index (Phi) is 5.26. The summed E-state index contributed by atoms with van der Waals surface area (Å²) in [6.45, 7) is 3.19. The van der Waals surface area contributed by atoms with Crippen LogP contribution in [0.4, 0.5) is 16.2 Å². The number of carbonyl (C=O) groups excluding carboxylic acids is 1. The number of hydrogen-bond donors (Lipinski definition) is 2. The summed E-state index contributed by atoms with van der Waals surface area (Å²) < 4.78 is 7.22. The largest absolute Gasteiger partial charge is 0.383 e. The smallest absolute Gasteiger partial charge is 0.323 e. The molecule has 0 fully saturated rings. The van der Waals surface area contributed by atoms with E-state index in [-0.39, 0.29) is 6.03 Å². The lowest BCUT2D eigenvalue weighted by atomic mass is 10.2. The van der Waals surface area contributed by atoms with Crippen molar-refractivity contribution in [3.8, 4) is 0 Å². The summed E-state index contributed by atoms with van der Waals surface area (Å²) in [6, 6.07) is 13.1. The summed E-state index contributed by atoms with van der Waals surface area (Å²) in [4.78, 5) is 12.4. The molecule has 0 atom stereocenters. The van der Waals surface area contributed by atoms with Gasteiger partial charge in [-0.1, -0.05) is 35.9 Å². The second-order valence-corrected chi connectivity index (χ2v) is 6.14. The van der Waals surface area contributed by atoms with Crippen LogP contribution in [0.15, 0.2) is 48.7 Å². The fourth-order valence-electron chi connectivity index (χ4n) is 2.74. The first-order chi connectivity index (χ1) is 12.1. The SMILES string of the molecule is COCCn1cc(NC(=O)Nc2cccc(Cl)c2C)c2ccccc21. The zero-order chi connectivity index (χ0) is 17.8. The molecule has 2 aromatic carbocycles. The third-order valence-corrected chi connectivity index (χ3v) is 4.50. The van der Waals surface area contributed by atoms with Crippen molar-refractivity contribution in [1.82, 2.24) is 4.57 Å². The third kappa shape index (κ3) is 3.78.